The zero-order valence-corrected chi connectivity index (χ0v) is 10.4. The van der Waals surface area contributed by atoms with Crippen molar-refractivity contribution < 1.29 is 14.4 Å². The molecule has 1 saturated heterocycles. The van der Waals surface area contributed by atoms with Gasteiger partial charge in [0, 0.05) is 31.9 Å². The standard InChI is InChI=1S/C12H15N3O3/c1-8(16)9-5-10(14(2)6-9)12(18)15-4-3-13-11(17)7-15/h5-6H,3-4,7H2,1-2H3,(H,13,17). The molecule has 2 amide bonds. The van der Waals surface area contributed by atoms with Gasteiger partial charge in [-0.05, 0) is 13.0 Å². The summed E-state index contributed by atoms with van der Waals surface area (Å²) in [5, 5.41) is 2.66. The Morgan fingerprint density at radius 1 is 1.39 bits per heavy atom. The lowest BCUT2D eigenvalue weighted by atomic mass is 10.2. The number of nitrogens with zero attached hydrogens (tertiary/aromatic N) is 2. The summed E-state index contributed by atoms with van der Waals surface area (Å²) in [5.41, 5.74) is 0.928. The molecule has 0 spiro atoms. The summed E-state index contributed by atoms with van der Waals surface area (Å²) in [6, 6.07) is 1.57. The quantitative estimate of drug-likeness (QED) is 0.738. The number of hydrogen-bond donors (Lipinski definition) is 1. The summed E-state index contributed by atoms with van der Waals surface area (Å²) in [6.45, 7) is 2.48. The van der Waals surface area contributed by atoms with Crippen molar-refractivity contribution in [3.63, 3.8) is 0 Å². The van der Waals surface area contributed by atoms with E-state index in [2.05, 4.69) is 5.32 Å². The summed E-state index contributed by atoms with van der Waals surface area (Å²) in [7, 11) is 1.71. The SMILES string of the molecule is CC(=O)c1cc(C(=O)N2CCNC(=O)C2)n(C)c1. The van der Waals surface area contributed by atoms with E-state index in [1.165, 1.54) is 11.8 Å². The first-order valence-electron chi connectivity index (χ1n) is 5.72. The molecule has 1 aromatic rings. The van der Waals surface area contributed by atoms with Gasteiger partial charge in [-0.1, -0.05) is 0 Å². The number of ketones is 1. The molecule has 6 nitrogen and oxygen atoms in total. The van der Waals surface area contributed by atoms with Crippen LogP contribution in [-0.4, -0.2) is 46.7 Å². The third-order valence-corrected chi connectivity index (χ3v) is 2.96. The van der Waals surface area contributed by atoms with Gasteiger partial charge in [0.05, 0.1) is 6.54 Å². The summed E-state index contributed by atoms with van der Waals surface area (Å²) >= 11 is 0. The third kappa shape index (κ3) is 2.27. The Hall–Kier alpha value is -2.11. The highest BCUT2D eigenvalue weighted by atomic mass is 16.2. The molecule has 2 rings (SSSR count). The lowest BCUT2D eigenvalue weighted by Gasteiger charge is -2.26. The molecule has 2 heterocycles. The molecule has 1 aromatic heterocycles. The van der Waals surface area contributed by atoms with E-state index < -0.39 is 0 Å². The Morgan fingerprint density at radius 2 is 2.11 bits per heavy atom. The van der Waals surface area contributed by atoms with E-state index in [4.69, 9.17) is 0 Å². The minimum Gasteiger partial charge on any atom is -0.353 e. The highest BCUT2D eigenvalue weighted by molar-refractivity contribution is 6.00. The maximum absolute atomic E-state index is 12.2. The van der Waals surface area contributed by atoms with Crippen LogP contribution in [0, 0.1) is 0 Å². The van der Waals surface area contributed by atoms with Crippen molar-refractivity contribution in [1.29, 1.82) is 0 Å². The smallest absolute Gasteiger partial charge is 0.271 e. The summed E-state index contributed by atoms with van der Waals surface area (Å²) < 4.78 is 1.62. The number of aryl methyl sites for hydroxylation is 1. The minimum absolute atomic E-state index is 0.0689. The predicted molar refractivity (Wildman–Crippen MR) is 64.3 cm³/mol. The average molecular weight is 249 g/mol. The maximum Gasteiger partial charge on any atom is 0.271 e. The number of aromatic nitrogens is 1. The van der Waals surface area contributed by atoms with Crippen LogP contribution in [0.5, 0.6) is 0 Å². The van der Waals surface area contributed by atoms with E-state index in [1.807, 2.05) is 0 Å². The van der Waals surface area contributed by atoms with E-state index >= 15 is 0 Å². The van der Waals surface area contributed by atoms with E-state index in [0.717, 1.165) is 0 Å². The van der Waals surface area contributed by atoms with Crippen LogP contribution in [0.2, 0.25) is 0 Å². The number of piperazine rings is 1. The molecular weight excluding hydrogens is 234 g/mol. The van der Waals surface area contributed by atoms with Crippen LogP contribution < -0.4 is 5.32 Å². The Labute approximate surface area is 105 Å². The Morgan fingerprint density at radius 3 is 2.67 bits per heavy atom. The summed E-state index contributed by atoms with van der Waals surface area (Å²) in [6.07, 6.45) is 1.62. The normalized spacial score (nSPS) is 15.4. The topological polar surface area (TPSA) is 71.4 Å². The molecule has 0 unspecified atom stereocenters. The fourth-order valence-electron chi connectivity index (χ4n) is 1.94. The fourth-order valence-corrected chi connectivity index (χ4v) is 1.94. The van der Waals surface area contributed by atoms with Crippen molar-refractivity contribution in [3.05, 3.63) is 23.5 Å². The molecule has 0 aliphatic carbocycles. The largest absolute Gasteiger partial charge is 0.353 e. The highest BCUT2D eigenvalue weighted by Gasteiger charge is 2.24. The number of carbonyl (C=O) groups is 3. The van der Waals surface area contributed by atoms with Gasteiger partial charge in [0.25, 0.3) is 5.91 Å². The van der Waals surface area contributed by atoms with Gasteiger partial charge in [0.1, 0.15) is 5.69 Å². The van der Waals surface area contributed by atoms with Crippen LogP contribution >= 0.6 is 0 Å². The van der Waals surface area contributed by atoms with Crippen molar-refractivity contribution in [2.45, 2.75) is 6.92 Å². The third-order valence-electron chi connectivity index (χ3n) is 2.96. The van der Waals surface area contributed by atoms with Gasteiger partial charge in [-0.25, -0.2) is 0 Å². The molecule has 1 aliphatic rings. The fraction of sp³-hybridized carbons (Fsp3) is 0.417. The minimum atomic E-state index is -0.222. The summed E-state index contributed by atoms with van der Waals surface area (Å²) in [4.78, 5) is 36.2. The first kappa shape index (κ1) is 12.3. The van der Waals surface area contributed by atoms with Gasteiger partial charge < -0.3 is 14.8 Å². The molecule has 6 heteroatoms. The number of Topliss-reactive ketones (excluding diaryl/α,β-unsaturated/α-hetero) is 1. The zero-order chi connectivity index (χ0) is 13.3. The van der Waals surface area contributed by atoms with Gasteiger partial charge >= 0.3 is 0 Å². The van der Waals surface area contributed by atoms with E-state index in [9.17, 15) is 14.4 Å². The number of amides is 2. The van der Waals surface area contributed by atoms with Crippen LogP contribution in [0.25, 0.3) is 0 Å². The van der Waals surface area contributed by atoms with Crippen molar-refractivity contribution in [2.24, 2.45) is 7.05 Å². The van der Waals surface area contributed by atoms with Crippen LogP contribution in [0.3, 0.4) is 0 Å². The lowest BCUT2D eigenvalue weighted by molar-refractivity contribution is -0.123. The Kier molecular flexibility index (Phi) is 3.18. The number of carbonyl (C=O) groups excluding carboxylic acids is 3. The molecule has 0 bridgehead atoms. The van der Waals surface area contributed by atoms with Crippen LogP contribution in [0.4, 0.5) is 0 Å². The second-order valence-electron chi connectivity index (χ2n) is 4.36. The van der Waals surface area contributed by atoms with Crippen LogP contribution in [-0.2, 0) is 11.8 Å². The van der Waals surface area contributed by atoms with Crippen LogP contribution in [0.15, 0.2) is 12.3 Å². The number of rotatable bonds is 2. The highest BCUT2D eigenvalue weighted by Crippen LogP contribution is 2.11. The molecule has 1 N–H and O–H groups in total. The first-order valence-corrected chi connectivity index (χ1v) is 5.72. The second-order valence-corrected chi connectivity index (χ2v) is 4.36. The average Bonchev–Trinajstić information content (AvgIpc) is 2.70. The number of nitrogens with one attached hydrogen (secondary N) is 1. The molecule has 18 heavy (non-hydrogen) atoms. The molecular formula is C12H15N3O3. The van der Waals surface area contributed by atoms with Crippen molar-refractivity contribution >= 4 is 17.6 Å². The molecule has 0 saturated carbocycles. The Balaban J connectivity index is 2.22. The molecule has 0 radical (unpaired) electrons. The van der Waals surface area contributed by atoms with Crippen molar-refractivity contribution in [2.75, 3.05) is 19.6 Å². The zero-order valence-electron chi connectivity index (χ0n) is 10.4. The summed E-state index contributed by atoms with van der Waals surface area (Å²) in [5.74, 6) is -0.462. The van der Waals surface area contributed by atoms with E-state index in [0.29, 0.717) is 24.3 Å². The first-order chi connectivity index (χ1) is 8.49. The maximum atomic E-state index is 12.2. The van der Waals surface area contributed by atoms with E-state index in [1.54, 1.807) is 23.9 Å². The Bertz CT molecular complexity index is 519. The molecule has 1 aliphatic heterocycles. The second kappa shape index (κ2) is 4.64. The van der Waals surface area contributed by atoms with Crippen molar-refractivity contribution in [1.82, 2.24) is 14.8 Å². The molecule has 1 fully saturated rings. The van der Waals surface area contributed by atoms with Crippen molar-refractivity contribution in [3.8, 4) is 0 Å². The predicted octanol–water partition coefficient (Wildman–Crippen LogP) is -0.200. The molecule has 96 valence electrons. The van der Waals surface area contributed by atoms with Gasteiger partial charge in [-0.3, -0.25) is 14.4 Å². The van der Waals surface area contributed by atoms with Gasteiger partial charge in [0.2, 0.25) is 5.91 Å². The van der Waals surface area contributed by atoms with Gasteiger partial charge in [-0.2, -0.15) is 0 Å². The molecule has 0 aromatic carbocycles. The molecule has 0 atom stereocenters. The van der Waals surface area contributed by atoms with Gasteiger partial charge in [-0.15, -0.1) is 0 Å². The van der Waals surface area contributed by atoms with Gasteiger partial charge in [0.15, 0.2) is 5.78 Å². The monoisotopic (exact) mass is 249 g/mol. The van der Waals surface area contributed by atoms with E-state index in [-0.39, 0.29) is 24.1 Å². The van der Waals surface area contributed by atoms with Crippen LogP contribution in [0.1, 0.15) is 27.8 Å². The number of hydrogen-bond acceptors (Lipinski definition) is 3. The lowest BCUT2D eigenvalue weighted by Crippen LogP contribution is -2.50.